The Balaban J connectivity index is 0.00000158. The molecule has 0 aliphatic carbocycles. The molecule has 0 bridgehead atoms. The Bertz CT molecular complexity index is 1360. The molecule has 180 valence electrons. The number of para-hydroxylation sites is 1. The fraction of sp³-hybridized carbons (Fsp3) is 0.217. The zero-order valence-electron chi connectivity index (χ0n) is 18.7. The lowest BCUT2D eigenvalue weighted by molar-refractivity contribution is 0.465. The third-order valence-electron chi connectivity index (χ3n) is 5.02. The Morgan fingerprint density at radius 2 is 1.82 bits per heavy atom. The summed E-state index contributed by atoms with van der Waals surface area (Å²) < 4.78 is 28.5. The second kappa shape index (κ2) is 11.7. The molecule has 0 atom stereocenters. The number of nitrogens with zero attached hydrogens (tertiary/aromatic N) is 4. The molecular weight excluding hydrogens is 542 g/mol. The third kappa shape index (κ3) is 5.69. The number of phenols is 1. The van der Waals surface area contributed by atoms with Gasteiger partial charge in [-0.3, -0.25) is 0 Å². The number of anilines is 1. The van der Waals surface area contributed by atoms with Crippen LogP contribution < -0.4 is 5.32 Å². The Kier molecular flexibility index (Phi) is 8.90. The van der Waals surface area contributed by atoms with Crippen molar-refractivity contribution in [2.45, 2.75) is 11.3 Å². The number of rotatable bonds is 8. The summed E-state index contributed by atoms with van der Waals surface area (Å²) in [6, 6.07) is 17.0. The van der Waals surface area contributed by atoms with Crippen molar-refractivity contribution in [1.29, 1.82) is 0 Å². The number of hydrogen-bond acceptors (Lipinski definition) is 6. The number of halogens is 2. The molecule has 8 nitrogen and oxygen atoms in total. The highest BCUT2D eigenvalue weighted by Crippen LogP contribution is 2.29. The fourth-order valence-corrected chi connectivity index (χ4v) is 5.03. The molecule has 34 heavy (non-hydrogen) atoms. The van der Waals surface area contributed by atoms with Crippen LogP contribution >= 0.6 is 27.5 Å². The van der Waals surface area contributed by atoms with Gasteiger partial charge in [0, 0.05) is 37.8 Å². The highest BCUT2D eigenvalue weighted by atomic mass is 79.9. The zero-order chi connectivity index (χ0) is 24.7. The van der Waals surface area contributed by atoms with Crippen LogP contribution in [0.4, 0.5) is 5.82 Å². The van der Waals surface area contributed by atoms with Gasteiger partial charge < -0.3 is 10.4 Å². The number of fused-ring (bicyclic) bond motifs is 1. The molecule has 0 saturated heterocycles. The number of benzene rings is 2. The number of nitrogens with one attached hydrogen (secondary N) is 1. The molecule has 4 rings (SSSR count). The lowest BCUT2D eigenvalue weighted by Crippen LogP contribution is -2.29. The van der Waals surface area contributed by atoms with E-state index in [2.05, 4.69) is 31.3 Å². The van der Waals surface area contributed by atoms with E-state index < -0.39 is 10.0 Å². The first-order valence-electron chi connectivity index (χ1n) is 10.3. The molecule has 2 aromatic heterocycles. The van der Waals surface area contributed by atoms with E-state index in [0.29, 0.717) is 42.2 Å². The van der Waals surface area contributed by atoms with Gasteiger partial charge in [-0.05, 0) is 36.5 Å². The smallest absolute Gasteiger partial charge is 0.244 e. The topological polar surface area (TPSA) is 99.8 Å². The molecule has 4 aromatic rings. The SMILES string of the molecule is CBr.CN(CCCNc1cc(-c2ccccc2O)nc2ccnn12)S(=O)(=O)c1ccccc1Cl. The van der Waals surface area contributed by atoms with E-state index in [0.717, 1.165) is 0 Å². The monoisotopic (exact) mass is 565 g/mol. The molecule has 0 radical (unpaired) electrons. The number of aromatic nitrogens is 3. The summed E-state index contributed by atoms with van der Waals surface area (Å²) in [4.78, 5) is 4.65. The number of phenolic OH excluding ortho intramolecular Hbond substituents is 1. The lowest BCUT2D eigenvalue weighted by Gasteiger charge is -2.18. The van der Waals surface area contributed by atoms with E-state index in [1.54, 1.807) is 59.2 Å². The van der Waals surface area contributed by atoms with Crippen LogP contribution in [0.15, 0.2) is 71.8 Å². The van der Waals surface area contributed by atoms with Crippen molar-refractivity contribution in [3.8, 4) is 17.0 Å². The summed E-state index contributed by atoms with van der Waals surface area (Å²) in [5.41, 5.74) is 1.86. The lowest BCUT2D eigenvalue weighted by atomic mass is 10.1. The van der Waals surface area contributed by atoms with E-state index in [4.69, 9.17) is 11.6 Å². The van der Waals surface area contributed by atoms with Crippen LogP contribution in [0.3, 0.4) is 0 Å². The second-order valence-corrected chi connectivity index (χ2v) is 9.60. The van der Waals surface area contributed by atoms with Gasteiger partial charge >= 0.3 is 0 Å². The average Bonchev–Trinajstić information content (AvgIpc) is 3.32. The van der Waals surface area contributed by atoms with Crippen molar-refractivity contribution in [1.82, 2.24) is 18.9 Å². The molecule has 2 heterocycles. The molecule has 0 unspecified atom stereocenters. The van der Waals surface area contributed by atoms with E-state index in [9.17, 15) is 13.5 Å². The minimum Gasteiger partial charge on any atom is -0.507 e. The van der Waals surface area contributed by atoms with E-state index in [1.165, 1.54) is 17.4 Å². The Morgan fingerprint density at radius 3 is 2.56 bits per heavy atom. The van der Waals surface area contributed by atoms with E-state index in [-0.39, 0.29) is 15.7 Å². The second-order valence-electron chi connectivity index (χ2n) is 7.18. The minimum atomic E-state index is -3.67. The summed E-state index contributed by atoms with van der Waals surface area (Å²) >= 11 is 9.00. The van der Waals surface area contributed by atoms with Crippen LogP contribution in [0, 0.1) is 0 Å². The Labute approximate surface area is 212 Å². The summed E-state index contributed by atoms with van der Waals surface area (Å²) in [6.45, 7) is 0.807. The van der Waals surface area contributed by atoms with Crippen molar-refractivity contribution >= 4 is 49.0 Å². The summed E-state index contributed by atoms with van der Waals surface area (Å²) in [5.74, 6) is 2.64. The molecule has 0 aliphatic rings. The Hall–Kier alpha value is -2.66. The average molecular weight is 567 g/mol. The summed E-state index contributed by atoms with van der Waals surface area (Å²) in [6.07, 6.45) is 2.20. The van der Waals surface area contributed by atoms with Crippen LogP contribution in [0.25, 0.3) is 16.9 Å². The van der Waals surface area contributed by atoms with Gasteiger partial charge in [-0.2, -0.15) is 9.61 Å². The predicted molar refractivity (Wildman–Crippen MR) is 139 cm³/mol. The van der Waals surface area contributed by atoms with Crippen molar-refractivity contribution in [3.63, 3.8) is 0 Å². The van der Waals surface area contributed by atoms with Gasteiger partial charge in [0.25, 0.3) is 0 Å². The minimum absolute atomic E-state index is 0.0943. The van der Waals surface area contributed by atoms with Crippen LogP contribution in [0.1, 0.15) is 6.42 Å². The van der Waals surface area contributed by atoms with Crippen LogP contribution in [-0.4, -0.2) is 58.4 Å². The van der Waals surface area contributed by atoms with Crippen molar-refractivity contribution in [2.75, 3.05) is 31.3 Å². The van der Waals surface area contributed by atoms with Crippen LogP contribution in [0.2, 0.25) is 5.02 Å². The third-order valence-corrected chi connectivity index (χ3v) is 7.38. The molecule has 0 aliphatic heterocycles. The molecule has 0 amide bonds. The van der Waals surface area contributed by atoms with Crippen LogP contribution in [-0.2, 0) is 10.0 Å². The normalized spacial score (nSPS) is 11.3. The first-order chi connectivity index (χ1) is 16.4. The van der Waals surface area contributed by atoms with Gasteiger partial charge in [0.2, 0.25) is 10.0 Å². The van der Waals surface area contributed by atoms with E-state index >= 15 is 0 Å². The van der Waals surface area contributed by atoms with Crippen molar-refractivity contribution in [3.05, 3.63) is 71.9 Å². The fourth-order valence-electron chi connectivity index (χ4n) is 3.33. The standard InChI is InChI=1S/C22H22ClN5O3S.CH3Br/c1-27(32(30,31)20-10-5-3-8-17(20)23)14-6-12-24-22-15-18(16-7-2-4-9-19(16)29)26-21-11-13-25-28(21)22;1-2/h2-5,7-11,13,15,24,29H,6,12,14H2,1H3;1H3. The van der Waals surface area contributed by atoms with Crippen molar-refractivity contribution in [2.24, 2.45) is 0 Å². The van der Waals surface area contributed by atoms with Gasteiger partial charge in [0.15, 0.2) is 5.65 Å². The molecular formula is C23H25BrClN5O3S. The largest absolute Gasteiger partial charge is 0.507 e. The zero-order valence-corrected chi connectivity index (χ0v) is 21.8. The summed E-state index contributed by atoms with van der Waals surface area (Å²) in [7, 11) is -2.13. The highest BCUT2D eigenvalue weighted by Gasteiger charge is 2.22. The van der Waals surface area contributed by atoms with Gasteiger partial charge in [-0.15, -0.1) is 0 Å². The molecule has 2 N–H and O–H groups in total. The number of alkyl halides is 1. The molecule has 0 fully saturated rings. The van der Waals surface area contributed by atoms with Gasteiger partial charge in [0.05, 0.1) is 16.9 Å². The molecule has 11 heteroatoms. The molecule has 0 spiro atoms. The van der Waals surface area contributed by atoms with Crippen LogP contribution in [0.5, 0.6) is 5.75 Å². The Morgan fingerprint density at radius 1 is 1.12 bits per heavy atom. The van der Waals surface area contributed by atoms with Crippen molar-refractivity contribution < 1.29 is 13.5 Å². The van der Waals surface area contributed by atoms with Gasteiger partial charge in [0.1, 0.15) is 16.5 Å². The maximum atomic E-state index is 12.8. The molecule has 2 aromatic carbocycles. The highest BCUT2D eigenvalue weighted by molar-refractivity contribution is 9.08. The first-order valence-corrected chi connectivity index (χ1v) is 13.7. The number of sulfonamides is 1. The quantitative estimate of drug-likeness (QED) is 0.233. The number of hydrogen-bond donors (Lipinski definition) is 2. The number of aromatic hydroxyl groups is 1. The van der Waals surface area contributed by atoms with Gasteiger partial charge in [-0.1, -0.05) is 51.8 Å². The maximum Gasteiger partial charge on any atom is 0.244 e. The predicted octanol–water partition coefficient (Wildman–Crippen LogP) is 4.89. The van der Waals surface area contributed by atoms with Gasteiger partial charge in [-0.25, -0.2) is 17.7 Å². The van der Waals surface area contributed by atoms with E-state index in [1.807, 2.05) is 11.9 Å². The molecule has 0 saturated carbocycles. The maximum absolute atomic E-state index is 12.8. The summed E-state index contributed by atoms with van der Waals surface area (Å²) in [5, 5.41) is 18.0. The first kappa shape index (κ1) is 26.0.